The molecule has 27 heavy (non-hydrogen) atoms. The summed E-state index contributed by atoms with van der Waals surface area (Å²) in [6.45, 7) is 2.29. The SMILES string of the molecule is Cc1c(C(=O)NC2CCOc3ccc(Br)cc32)cnn1-c1ccccc1F. The Bertz CT molecular complexity index is 1020. The standard InChI is InChI=1S/C20H17BrFN3O2/c1-12-15(11-23-25(12)18-5-3-2-4-16(18)22)20(26)24-17-8-9-27-19-7-6-13(21)10-14(17)19/h2-7,10-11,17H,8-9H2,1H3,(H,24,26). The fraction of sp³-hybridized carbons (Fsp3) is 0.200. The van der Waals surface area contributed by atoms with Crippen LogP contribution in [-0.4, -0.2) is 22.3 Å². The molecule has 0 saturated heterocycles. The van der Waals surface area contributed by atoms with Crippen LogP contribution in [0.1, 0.15) is 34.1 Å². The molecule has 1 unspecified atom stereocenters. The van der Waals surface area contributed by atoms with Crippen molar-refractivity contribution in [1.29, 1.82) is 0 Å². The van der Waals surface area contributed by atoms with Gasteiger partial charge in [-0.15, -0.1) is 0 Å². The Balaban J connectivity index is 1.61. The number of fused-ring (bicyclic) bond motifs is 1. The minimum atomic E-state index is -0.390. The van der Waals surface area contributed by atoms with Crippen LogP contribution in [0.15, 0.2) is 53.1 Å². The summed E-state index contributed by atoms with van der Waals surface area (Å²) in [5.74, 6) is 0.139. The minimum Gasteiger partial charge on any atom is -0.493 e. The Hall–Kier alpha value is -2.67. The van der Waals surface area contributed by atoms with Crippen molar-refractivity contribution in [3.63, 3.8) is 0 Å². The predicted molar refractivity (Wildman–Crippen MR) is 103 cm³/mol. The number of ether oxygens (including phenoxy) is 1. The molecule has 0 bridgehead atoms. The van der Waals surface area contributed by atoms with Crippen molar-refractivity contribution in [3.05, 3.63) is 75.8 Å². The van der Waals surface area contributed by atoms with Gasteiger partial charge >= 0.3 is 0 Å². The monoisotopic (exact) mass is 429 g/mol. The maximum atomic E-state index is 14.1. The van der Waals surface area contributed by atoms with E-state index < -0.39 is 0 Å². The molecule has 1 atom stereocenters. The number of amides is 1. The fourth-order valence-corrected chi connectivity index (χ4v) is 3.63. The third-order valence-corrected chi connectivity index (χ3v) is 5.14. The van der Waals surface area contributed by atoms with Gasteiger partial charge < -0.3 is 10.1 Å². The highest BCUT2D eigenvalue weighted by molar-refractivity contribution is 9.10. The van der Waals surface area contributed by atoms with Crippen LogP contribution >= 0.6 is 15.9 Å². The largest absolute Gasteiger partial charge is 0.493 e. The van der Waals surface area contributed by atoms with Gasteiger partial charge in [-0.2, -0.15) is 5.10 Å². The third kappa shape index (κ3) is 3.35. The normalized spacial score (nSPS) is 15.7. The first-order valence-corrected chi connectivity index (χ1v) is 9.36. The van der Waals surface area contributed by atoms with Crippen molar-refractivity contribution < 1.29 is 13.9 Å². The molecule has 1 aliphatic rings. The van der Waals surface area contributed by atoms with E-state index in [1.165, 1.54) is 16.9 Å². The van der Waals surface area contributed by atoms with Crippen LogP contribution in [0, 0.1) is 12.7 Å². The van der Waals surface area contributed by atoms with E-state index >= 15 is 0 Å². The fourth-order valence-electron chi connectivity index (χ4n) is 3.25. The summed E-state index contributed by atoms with van der Waals surface area (Å²) in [4.78, 5) is 12.8. The van der Waals surface area contributed by atoms with Crippen LogP contribution in [0.25, 0.3) is 5.69 Å². The molecule has 0 fully saturated rings. The molecule has 0 radical (unpaired) electrons. The first-order chi connectivity index (χ1) is 13.0. The second kappa shape index (κ2) is 7.15. The van der Waals surface area contributed by atoms with Gasteiger partial charge in [0.15, 0.2) is 0 Å². The molecule has 7 heteroatoms. The number of hydrogen-bond donors (Lipinski definition) is 1. The number of benzene rings is 2. The minimum absolute atomic E-state index is 0.157. The summed E-state index contributed by atoms with van der Waals surface area (Å²) in [7, 11) is 0. The maximum Gasteiger partial charge on any atom is 0.255 e. The zero-order chi connectivity index (χ0) is 19.0. The average Bonchev–Trinajstić information content (AvgIpc) is 3.04. The van der Waals surface area contributed by atoms with Crippen molar-refractivity contribution >= 4 is 21.8 Å². The van der Waals surface area contributed by atoms with Gasteiger partial charge in [0.1, 0.15) is 17.3 Å². The zero-order valence-electron chi connectivity index (χ0n) is 14.6. The van der Waals surface area contributed by atoms with E-state index in [1.807, 2.05) is 18.2 Å². The molecule has 3 aromatic rings. The highest BCUT2D eigenvalue weighted by Crippen LogP contribution is 2.34. The Labute approximate surface area is 164 Å². The van der Waals surface area contributed by atoms with E-state index in [1.54, 1.807) is 25.1 Å². The lowest BCUT2D eigenvalue weighted by molar-refractivity contribution is 0.0924. The molecule has 2 aromatic carbocycles. The molecule has 0 spiro atoms. The molecular weight excluding hydrogens is 413 g/mol. The number of carbonyl (C=O) groups is 1. The van der Waals surface area contributed by atoms with Gasteiger partial charge in [0.25, 0.3) is 5.91 Å². The highest BCUT2D eigenvalue weighted by Gasteiger charge is 2.25. The quantitative estimate of drug-likeness (QED) is 0.673. The van der Waals surface area contributed by atoms with Crippen molar-refractivity contribution in [3.8, 4) is 11.4 Å². The smallest absolute Gasteiger partial charge is 0.255 e. The van der Waals surface area contributed by atoms with E-state index in [4.69, 9.17) is 4.74 Å². The van der Waals surface area contributed by atoms with Gasteiger partial charge in [-0.25, -0.2) is 9.07 Å². The van der Waals surface area contributed by atoms with Crippen LogP contribution in [-0.2, 0) is 0 Å². The Kier molecular flexibility index (Phi) is 4.70. The zero-order valence-corrected chi connectivity index (χ0v) is 16.2. The van der Waals surface area contributed by atoms with E-state index in [0.717, 1.165) is 15.8 Å². The molecule has 1 N–H and O–H groups in total. The van der Waals surface area contributed by atoms with E-state index in [2.05, 4.69) is 26.3 Å². The number of aromatic nitrogens is 2. The van der Waals surface area contributed by atoms with Gasteiger partial charge in [-0.3, -0.25) is 4.79 Å². The van der Waals surface area contributed by atoms with Gasteiger partial charge in [-0.1, -0.05) is 28.1 Å². The summed E-state index contributed by atoms with van der Waals surface area (Å²) in [6, 6.07) is 11.9. The Morgan fingerprint density at radius 2 is 2.15 bits per heavy atom. The molecule has 1 aliphatic heterocycles. The highest BCUT2D eigenvalue weighted by atomic mass is 79.9. The molecule has 5 nitrogen and oxygen atoms in total. The second-order valence-electron chi connectivity index (χ2n) is 6.35. The van der Waals surface area contributed by atoms with Crippen molar-refractivity contribution in [2.75, 3.05) is 6.61 Å². The number of para-hydroxylation sites is 1. The summed E-state index contributed by atoms with van der Waals surface area (Å²) in [5, 5.41) is 7.25. The summed E-state index contributed by atoms with van der Waals surface area (Å²) in [5.41, 5.74) is 2.25. The first-order valence-electron chi connectivity index (χ1n) is 8.57. The number of rotatable bonds is 3. The molecule has 138 valence electrons. The molecule has 1 amide bonds. The molecule has 4 rings (SSSR count). The molecule has 0 saturated carbocycles. The molecule has 2 heterocycles. The summed E-state index contributed by atoms with van der Waals surface area (Å²) < 4.78 is 22.1. The topological polar surface area (TPSA) is 56.1 Å². The van der Waals surface area contributed by atoms with Crippen molar-refractivity contribution in [1.82, 2.24) is 15.1 Å². The van der Waals surface area contributed by atoms with Crippen LogP contribution in [0.3, 0.4) is 0 Å². The van der Waals surface area contributed by atoms with Gasteiger partial charge in [0.05, 0.1) is 30.1 Å². The second-order valence-corrected chi connectivity index (χ2v) is 7.27. The third-order valence-electron chi connectivity index (χ3n) is 4.65. The number of nitrogens with zero attached hydrogens (tertiary/aromatic N) is 2. The van der Waals surface area contributed by atoms with E-state index in [-0.39, 0.29) is 17.8 Å². The lowest BCUT2D eigenvalue weighted by Crippen LogP contribution is -2.32. The van der Waals surface area contributed by atoms with E-state index in [0.29, 0.717) is 30.0 Å². The van der Waals surface area contributed by atoms with Crippen LogP contribution in [0.2, 0.25) is 0 Å². The molecule has 0 aliphatic carbocycles. The number of carbonyl (C=O) groups excluding carboxylic acids is 1. The lowest BCUT2D eigenvalue weighted by Gasteiger charge is -2.27. The predicted octanol–water partition coefficient (Wildman–Crippen LogP) is 4.34. The maximum absolute atomic E-state index is 14.1. The first kappa shape index (κ1) is 17.7. The summed E-state index contributed by atoms with van der Waals surface area (Å²) in [6.07, 6.45) is 2.15. The Morgan fingerprint density at radius 3 is 2.96 bits per heavy atom. The van der Waals surface area contributed by atoms with Gasteiger partial charge in [0.2, 0.25) is 0 Å². The van der Waals surface area contributed by atoms with Crippen LogP contribution in [0.5, 0.6) is 5.75 Å². The molecule has 1 aromatic heterocycles. The Morgan fingerprint density at radius 1 is 1.33 bits per heavy atom. The van der Waals surface area contributed by atoms with E-state index in [9.17, 15) is 9.18 Å². The average molecular weight is 430 g/mol. The van der Waals surface area contributed by atoms with Gasteiger partial charge in [-0.05, 0) is 37.3 Å². The molecular formula is C20H17BrFN3O2. The number of halogens is 2. The lowest BCUT2D eigenvalue weighted by atomic mass is 10.00. The van der Waals surface area contributed by atoms with Crippen LogP contribution < -0.4 is 10.1 Å². The van der Waals surface area contributed by atoms with Crippen molar-refractivity contribution in [2.24, 2.45) is 0 Å². The summed E-state index contributed by atoms with van der Waals surface area (Å²) >= 11 is 3.46. The number of nitrogens with one attached hydrogen (secondary N) is 1. The van der Waals surface area contributed by atoms with Crippen LogP contribution in [0.4, 0.5) is 4.39 Å². The van der Waals surface area contributed by atoms with Crippen molar-refractivity contribution in [2.45, 2.75) is 19.4 Å². The number of hydrogen-bond acceptors (Lipinski definition) is 3. The van der Waals surface area contributed by atoms with Gasteiger partial charge in [0, 0.05) is 16.5 Å².